The molecule has 4 nitrogen and oxygen atoms in total. The van der Waals surface area contributed by atoms with Crippen LogP contribution in [-0.2, 0) is 4.79 Å². The van der Waals surface area contributed by atoms with Crippen molar-refractivity contribution in [3.63, 3.8) is 0 Å². The first-order valence-electron chi connectivity index (χ1n) is 8.35. The molecule has 1 aliphatic carbocycles. The molecule has 0 radical (unpaired) electrons. The molecule has 1 heterocycles. The molecule has 1 aromatic rings. The molecular formula is C18H27N3O. The maximum Gasteiger partial charge on any atom is 0.236 e. The average Bonchev–Trinajstić information content (AvgIpc) is 3.08. The summed E-state index contributed by atoms with van der Waals surface area (Å²) in [6.07, 6.45) is 2.38. The highest BCUT2D eigenvalue weighted by Gasteiger charge is 2.41. The Labute approximate surface area is 133 Å². The molecule has 2 N–H and O–H groups in total. The third-order valence-corrected chi connectivity index (χ3v) is 5.60. The molecule has 2 aliphatic rings. The van der Waals surface area contributed by atoms with E-state index < -0.39 is 0 Å². The van der Waals surface area contributed by atoms with Crippen molar-refractivity contribution in [3.8, 4) is 0 Å². The van der Waals surface area contributed by atoms with Crippen LogP contribution in [0.4, 0.5) is 0 Å². The van der Waals surface area contributed by atoms with Crippen molar-refractivity contribution in [3.05, 3.63) is 35.9 Å². The van der Waals surface area contributed by atoms with Crippen molar-refractivity contribution >= 4 is 5.91 Å². The zero-order chi connectivity index (χ0) is 15.7. The lowest BCUT2D eigenvalue weighted by molar-refractivity contribution is -0.132. The third kappa shape index (κ3) is 3.03. The van der Waals surface area contributed by atoms with Gasteiger partial charge in [-0.15, -0.1) is 0 Å². The topological polar surface area (TPSA) is 49.6 Å². The van der Waals surface area contributed by atoms with E-state index >= 15 is 0 Å². The number of amides is 1. The van der Waals surface area contributed by atoms with Gasteiger partial charge in [0.2, 0.25) is 5.91 Å². The van der Waals surface area contributed by atoms with E-state index in [1.807, 2.05) is 30.1 Å². The number of rotatable bonds is 4. The number of nitrogens with zero attached hydrogens (tertiary/aromatic N) is 2. The quantitative estimate of drug-likeness (QED) is 0.924. The van der Waals surface area contributed by atoms with Crippen molar-refractivity contribution in [2.45, 2.75) is 31.8 Å². The largest absolute Gasteiger partial charge is 0.338 e. The lowest BCUT2D eigenvalue weighted by atomic mass is 9.98. The van der Waals surface area contributed by atoms with Gasteiger partial charge in [0.25, 0.3) is 0 Å². The van der Waals surface area contributed by atoms with Crippen LogP contribution in [0.2, 0.25) is 0 Å². The van der Waals surface area contributed by atoms with Crippen molar-refractivity contribution in [1.29, 1.82) is 0 Å². The fourth-order valence-electron chi connectivity index (χ4n) is 4.00. The first-order valence-corrected chi connectivity index (χ1v) is 8.35. The zero-order valence-corrected chi connectivity index (χ0v) is 13.6. The Morgan fingerprint density at radius 2 is 2.05 bits per heavy atom. The second-order valence-electron chi connectivity index (χ2n) is 6.95. The Morgan fingerprint density at radius 1 is 1.32 bits per heavy atom. The summed E-state index contributed by atoms with van der Waals surface area (Å²) in [6, 6.07) is 10.6. The van der Waals surface area contributed by atoms with Gasteiger partial charge >= 0.3 is 0 Å². The van der Waals surface area contributed by atoms with Gasteiger partial charge in [-0.3, -0.25) is 9.69 Å². The highest BCUT2D eigenvalue weighted by molar-refractivity contribution is 5.78. The molecule has 0 bridgehead atoms. The fraction of sp³-hybridized carbons (Fsp3) is 0.611. The molecule has 4 unspecified atom stereocenters. The van der Waals surface area contributed by atoms with Crippen LogP contribution in [0.1, 0.15) is 31.4 Å². The van der Waals surface area contributed by atoms with Crippen molar-refractivity contribution in [1.82, 2.24) is 9.80 Å². The first-order chi connectivity index (χ1) is 10.6. The van der Waals surface area contributed by atoms with Gasteiger partial charge in [0.1, 0.15) is 0 Å². The van der Waals surface area contributed by atoms with Gasteiger partial charge in [0, 0.05) is 26.2 Å². The van der Waals surface area contributed by atoms with E-state index in [4.69, 9.17) is 5.73 Å². The molecule has 1 aromatic carbocycles. The van der Waals surface area contributed by atoms with Crippen LogP contribution in [0.15, 0.2) is 30.3 Å². The number of carbonyl (C=O) groups is 1. The van der Waals surface area contributed by atoms with Crippen LogP contribution in [0.25, 0.3) is 0 Å². The van der Waals surface area contributed by atoms with E-state index in [9.17, 15) is 4.79 Å². The van der Waals surface area contributed by atoms with Crippen LogP contribution in [0.3, 0.4) is 0 Å². The lowest BCUT2D eigenvalue weighted by Crippen LogP contribution is -2.39. The number of carbonyl (C=O) groups excluding carboxylic acids is 1. The summed E-state index contributed by atoms with van der Waals surface area (Å²) in [7, 11) is 1.91. The van der Waals surface area contributed by atoms with Crippen LogP contribution in [0.5, 0.6) is 0 Å². The van der Waals surface area contributed by atoms with Gasteiger partial charge in [0.05, 0.1) is 12.6 Å². The molecule has 2 fully saturated rings. The van der Waals surface area contributed by atoms with Gasteiger partial charge in [-0.2, -0.15) is 0 Å². The molecule has 0 aromatic heterocycles. The third-order valence-electron chi connectivity index (χ3n) is 5.60. The summed E-state index contributed by atoms with van der Waals surface area (Å²) in [5, 5.41) is 0. The van der Waals surface area contributed by atoms with Crippen molar-refractivity contribution in [2.75, 3.05) is 26.7 Å². The zero-order valence-electron chi connectivity index (χ0n) is 13.6. The average molecular weight is 301 g/mol. The summed E-state index contributed by atoms with van der Waals surface area (Å²) in [5.41, 5.74) is 7.35. The van der Waals surface area contributed by atoms with E-state index in [0.29, 0.717) is 24.4 Å². The number of hydrogen-bond acceptors (Lipinski definition) is 3. The van der Waals surface area contributed by atoms with E-state index in [2.05, 4.69) is 24.0 Å². The Hall–Kier alpha value is -1.39. The second-order valence-corrected chi connectivity index (χ2v) is 6.95. The number of nitrogens with two attached hydrogens (primary N) is 1. The van der Waals surface area contributed by atoms with Gasteiger partial charge in [-0.05, 0) is 37.2 Å². The number of likely N-dealkylation sites (N-methyl/N-ethyl adjacent to an activating group) is 1. The Kier molecular flexibility index (Phi) is 4.50. The molecule has 120 valence electrons. The van der Waals surface area contributed by atoms with E-state index in [1.165, 1.54) is 12.0 Å². The summed E-state index contributed by atoms with van der Waals surface area (Å²) in [4.78, 5) is 16.7. The standard InChI is InChI=1S/C18H27N3O/c1-13(14-6-4-3-5-7-14)20(2)18(22)12-21-10-15-8-9-17(19)16(15)11-21/h3-7,13,15-17H,8-12,19H2,1-2H3. The molecule has 22 heavy (non-hydrogen) atoms. The summed E-state index contributed by atoms with van der Waals surface area (Å²) >= 11 is 0. The number of benzene rings is 1. The molecule has 4 atom stereocenters. The normalized spacial score (nSPS) is 29.3. The summed E-state index contributed by atoms with van der Waals surface area (Å²) < 4.78 is 0. The molecule has 1 saturated carbocycles. The van der Waals surface area contributed by atoms with Crippen LogP contribution in [-0.4, -0.2) is 48.4 Å². The van der Waals surface area contributed by atoms with E-state index in [1.54, 1.807) is 0 Å². The second kappa shape index (κ2) is 6.39. The Morgan fingerprint density at radius 3 is 2.73 bits per heavy atom. The van der Waals surface area contributed by atoms with Gasteiger partial charge < -0.3 is 10.6 Å². The molecule has 4 heteroatoms. The minimum atomic E-state index is 0.109. The molecule has 1 aliphatic heterocycles. The highest BCUT2D eigenvalue weighted by Crippen LogP contribution is 2.37. The van der Waals surface area contributed by atoms with Crippen LogP contribution < -0.4 is 5.73 Å². The minimum Gasteiger partial charge on any atom is -0.338 e. The Balaban J connectivity index is 1.56. The number of hydrogen-bond donors (Lipinski definition) is 1. The monoisotopic (exact) mass is 301 g/mol. The summed E-state index contributed by atoms with van der Waals surface area (Å²) in [5.74, 6) is 1.51. The van der Waals surface area contributed by atoms with E-state index in [-0.39, 0.29) is 11.9 Å². The number of likely N-dealkylation sites (tertiary alicyclic amines) is 1. The van der Waals surface area contributed by atoms with Crippen molar-refractivity contribution in [2.24, 2.45) is 17.6 Å². The fourth-order valence-corrected chi connectivity index (χ4v) is 4.00. The first kappa shape index (κ1) is 15.5. The molecule has 1 saturated heterocycles. The molecule has 3 rings (SSSR count). The maximum absolute atomic E-state index is 12.6. The smallest absolute Gasteiger partial charge is 0.236 e. The van der Waals surface area contributed by atoms with Gasteiger partial charge in [-0.25, -0.2) is 0 Å². The molecule has 1 amide bonds. The number of fused-ring (bicyclic) bond motifs is 1. The maximum atomic E-state index is 12.6. The SMILES string of the molecule is CC(c1ccccc1)N(C)C(=O)CN1CC2CCC(N)C2C1. The van der Waals surface area contributed by atoms with Gasteiger partial charge in [0.15, 0.2) is 0 Å². The van der Waals surface area contributed by atoms with Gasteiger partial charge in [-0.1, -0.05) is 30.3 Å². The van der Waals surface area contributed by atoms with Crippen molar-refractivity contribution < 1.29 is 4.79 Å². The summed E-state index contributed by atoms with van der Waals surface area (Å²) in [6.45, 7) is 4.64. The lowest BCUT2D eigenvalue weighted by Gasteiger charge is -2.28. The van der Waals surface area contributed by atoms with E-state index in [0.717, 1.165) is 19.5 Å². The predicted octanol–water partition coefficient (Wildman–Crippen LogP) is 1.88. The van der Waals surface area contributed by atoms with Crippen LogP contribution >= 0.6 is 0 Å². The predicted molar refractivity (Wildman–Crippen MR) is 88.3 cm³/mol. The molecule has 0 spiro atoms. The minimum absolute atomic E-state index is 0.109. The molecular weight excluding hydrogens is 274 g/mol. The Bertz CT molecular complexity index is 518. The highest BCUT2D eigenvalue weighted by atomic mass is 16.2. The van der Waals surface area contributed by atoms with Crippen LogP contribution in [0, 0.1) is 11.8 Å².